The third kappa shape index (κ3) is 5.23. The molecule has 0 aliphatic carbocycles. The SMILES string of the molecule is CCCCN(CC)S(=O)(=O)c1ccc(C(=O)Nc2cccc(Cl)c2Cl)cc1. The fourth-order valence-electron chi connectivity index (χ4n) is 2.50. The standard InChI is InChI=1S/C19H22Cl2N2O3S/c1-3-5-13-23(4-2)27(25,26)15-11-9-14(10-12-15)19(24)22-17-8-6-7-16(20)18(17)21/h6-12H,3-5,13H2,1-2H3,(H,22,24). The van der Waals surface area contributed by atoms with E-state index < -0.39 is 15.9 Å². The summed E-state index contributed by atoms with van der Waals surface area (Å²) in [4.78, 5) is 12.6. The van der Waals surface area contributed by atoms with Gasteiger partial charge in [0, 0.05) is 18.7 Å². The number of benzene rings is 2. The second kappa shape index (κ2) is 9.55. The molecule has 1 amide bonds. The number of amides is 1. The van der Waals surface area contributed by atoms with Crippen molar-refractivity contribution in [3.63, 3.8) is 0 Å². The average molecular weight is 429 g/mol. The highest BCUT2D eigenvalue weighted by Crippen LogP contribution is 2.30. The molecule has 1 N–H and O–H groups in total. The van der Waals surface area contributed by atoms with Gasteiger partial charge < -0.3 is 5.32 Å². The highest BCUT2D eigenvalue weighted by Gasteiger charge is 2.22. The maximum atomic E-state index is 12.7. The molecule has 146 valence electrons. The second-order valence-electron chi connectivity index (χ2n) is 5.93. The van der Waals surface area contributed by atoms with E-state index in [-0.39, 0.29) is 9.92 Å². The fourth-order valence-corrected chi connectivity index (χ4v) is 4.34. The van der Waals surface area contributed by atoms with Gasteiger partial charge in [0.1, 0.15) is 0 Å². The number of rotatable bonds is 8. The van der Waals surface area contributed by atoms with Gasteiger partial charge in [0.15, 0.2) is 0 Å². The highest BCUT2D eigenvalue weighted by molar-refractivity contribution is 7.89. The maximum Gasteiger partial charge on any atom is 0.255 e. The summed E-state index contributed by atoms with van der Waals surface area (Å²) in [6.07, 6.45) is 1.71. The normalized spacial score (nSPS) is 11.6. The Balaban J connectivity index is 2.18. The number of nitrogens with one attached hydrogen (secondary N) is 1. The molecule has 0 aliphatic heterocycles. The van der Waals surface area contributed by atoms with E-state index in [0.29, 0.717) is 29.4 Å². The highest BCUT2D eigenvalue weighted by atomic mass is 35.5. The number of halogens is 2. The molecular formula is C19H22Cl2N2O3S. The molecule has 8 heteroatoms. The molecule has 27 heavy (non-hydrogen) atoms. The van der Waals surface area contributed by atoms with Crippen molar-refractivity contribution in [3.8, 4) is 0 Å². The largest absolute Gasteiger partial charge is 0.321 e. The van der Waals surface area contributed by atoms with Crippen LogP contribution in [0.2, 0.25) is 10.0 Å². The van der Waals surface area contributed by atoms with Crippen LogP contribution in [0.5, 0.6) is 0 Å². The minimum absolute atomic E-state index is 0.165. The van der Waals surface area contributed by atoms with E-state index in [2.05, 4.69) is 5.32 Å². The molecule has 0 radical (unpaired) electrons. The van der Waals surface area contributed by atoms with Crippen molar-refractivity contribution in [2.24, 2.45) is 0 Å². The Labute approximate surface area is 170 Å². The van der Waals surface area contributed by atoms with E-state index in [4.69, 9.17) is 23.2 Å². The fraction of sp³-hybridized carbons (Fsp3) is 0.316. The lowest BCUT2D eigenvalue weighted by atomic mass is 10.2. The summed E-state index contributed by atoms with van der Waals surface area (Å²) in [6, 6.07) is 10.8. The van der Waals surface area contributed by atoms with Gasteiger partial charge in [-0.3, -0.25) is 4.79 Å². The predicted octanol–water partition coefficient (Wildman–Crippen LogP) is 5.06. The molecule has 0 saturated heterocycles. The first-order valence-electron chi connectivity index (χ1n) is 8.66. The minimum atomic E-state index is -3.57. The molecule has 5 nitrogen and oxygen atoms in total. The van der Waals surface area contributed by atoms with Crippen molar-refractivity contribution in [2.75, 3.05) is 18.4 Å². The van der Waals surface area contributed by atoms with E-state index >= 15 is 0 Å². The van der Waals surface area contributed by atoms with E-state index in [1.54, 1.807) is 18.2 Å². The molecule has 0 spiro atoms. The lowest BCUT2D eigenvalue weighted by molar-refractivity contribution is 0.102. The lowest BCUT2D eigenvalue weighted by Gasteiger charge is -2.20. The van der Waals surface area contributed by atoms with Crippen molar-refractivity contribution >= 4 is 44.8 Å². The molecule has 0 heterocycles. The molecule has 0 atom stereocenters. The van der Waals surface area contributed by atoms with E-state index in [1.807, 2.05) is 13.8 Å². The number of carbonyl (C=O) groups is 1. The molecule has 2 aromatic rings. The van der Waals surface area contributed by atoms with Crippen LogP contribution < -0.4 is 5.32 Å². The maximum absolute atomic E-state index is 12.7. The number of unbranched alkanes of at least 4 members (excludes halogenated alkanes) is 1. The van der Waals surface area contributed by atoms with Gasteiger partial charge in [-0.2, -0.15) is 4.31 Å². The summed E-state index contributed by atoms with van der Waals surface area (Å²) in [5.41, 5.74) is 0.712. The number of nitrogens with zero attached hydrogens (tertiary/aromatic N) is 1. The summed E-state index contributed by atoms with van der Waals surface area (Å²) in [7, 11) is -3.57. The van der Waals surface area contributed by atoms with Crippen LogP contribution in [-0.4, -0.2) is 31.7 Å². The van der Waals surface area contributed by atoms with Gasteiger partial charge in [-0.15, -0.1) is 0 Å². The molecule has 0 aromatic heterocycles. The first-order valence-corrected chi connectivity index (χ1v) is 10.9. The van der Waals surface area contributed by atoms with Crippen LogP contribution in [0, 0.1) is 0 Å². The summed E-state index contributed by atoms with van der Waals surface area (Å²) in [5, 5.41) is 3.26. The molecule has 2 aromatic carbocycles. The Kier molecular flexibility index (Phi) is 7.68. The predicted molar refractivity (Wildman–Crippen MR) is 110 cm³/mol. The van der Waals surface area contributed by atoms with Crippen LogP contribution in [0.15, 0.2) is 47.4 Å². The van der Waals surface area contributed by atoms with Gasteiger partial charge in [-0.05, 0) is 42.8 Å². The Hall–Kier alpha value is -1.60. The Morgan fingerprint density at radius 2 is 1.74 bits per heavy atom. The van der Waals surface area contributed by atoms with Gasteiger partial charge in [-0.1, -0.05) is 49.5 Å². The van der Waals surface area contributed by atoms with Crippen LogP contribution in [0.3, 0.4) is 0 Å². The number of hydrogen-bond acceptors (Lipinski definition) is 3. The van der Waals surface area contributed by atoms with Crippen molar-refractivity contribution in [1.82, 2.24) is 4.31 Å². The summed E-state index contributed by atoms with van der Waals surface area (Å²) >= 11 is 12.0. The zero-order valence-corrected chi connectivity index (χ0v) is 17.5. The summed E-state index contributed by atoms with van der Waals surface area (Å²) in [6.45, 7) is 4.70. The lowest BCUT2D eigenvalue weighted by Crippen LogP contribution is -2.31. The van der Waals surface area contributed by atoms with Gasteiger partial charge in [0.2, 0.25) is 10.0 Å². The molecule has 0 saturated carbocycles. The first kappa shape index (κ1) is 21.7. The van der Waals surface area contributed by atoms with Gasteiger partial charge in [0.05, 0.1) is 20.6 Å². The smallest absolute Gasteiger partial charge is 0.255 e. The van der Waals surface area contributed by atoms with Crippen molar-refractivity contribution < 1.29 is 13.2 Å². The zero-order chi connectivity index (χ0) is 20.0. The van der Waals surface area contributed by atoms with Crippen LogP contribution in [0.4, 0.5) is 5.69 Å². The number of anilines is 1. The monoisotopic (exact) mass is 428 g/mol. The van der Waals surface area contributed by atoms with Crippen molar-refractivity contribution in [1.29, 1.82) is 0 Å². The summed E-state index contributed by atoms with van der Waals surface area (Å²) < 4.78 is 26.9. The Morgan fingerprint density at radius 1 is 1.07 bits per heavy atom. The molecular weight excluding hydrogens is 407 g/mol. The minimum Gasteiger partial charge on any atom is -0.321 e. The molecule has 0 fully saturated rings. The second-order valence-corrected chi connectivity index (χ2v) is 8.65. The van der Waals surface area contributed by atoms with E-state index in [1.165, 1.54) is 28.6 Å². The van der Waals surface area contributed by atoms with Crippen LogP contribution >= 0.6 is 23.2 Å². The quantitative estimate of drug-likeness (QED) is 0.638. The third-order valence-corrected chi connectivity index (χ3v) is 6.88. The Bertz CT molecular complexity index is 900. The van der Waals surface area contributed by atoms with Crippen molar-refractivity contribution in [3.05, 3.63) is 58.1 Å². The first-order chi connectivity index (χ1) is 12.8. The average Bonchev–Trinajstić information content (AvgIpc) is 2.66. The Morgan fingerprint density at radius 3 is 2.33 bits per heavy atom. The van der Waals surface area contributed by atoms with Crippen LogP contribution in [0.25, 0.3) is 0 Å². The zero-order valence-electron chi connectivity index (χ0n) is 15.2. The molecule has 0 unspecified atom stereocenters. The molecule has 2 rings (SSSR count). The van der Waals surface area contributed by atoms with Gasteiger partial charge in [-0.25, -0.2) is 8.42 Å². The number of hydrogen-bond donors (Lipinski definition) is 1. The van der Waals surface area contributed by atoms with Crippen LogP contribution in [0.1, 0.15) is 37.0 Å². The van der Waals surface area contributed by atoms with Crippen molar-refractivity contribution in [2.45, 2.75) is 31.6 Å². The van der Waals surface area contributed by atoms with Gasteiger partial charge in [0.25, 0.3) is 5.91 Å². The van der Waals surface area contributed by atoms with Gasteiger partial charge >= 0.3 is 0 Å². The van der Waals surface area contributed by atoms with E-state index in [9.17, 15) is 13.2 Å². The molecule has 0 aliphatic rings. The molecule has 0 bridgehead atoms. The van der Waals surface area contributed by atoms with Crippen LogP contribution in [-0.2, 0) is 10.0 Å². The number of sulfonamides is 1. The summed E-state index contributed by atoms with van der Waals surface area (Å²) in [5.74, 6) is -0.401. The third-order valence-electron chi connectivity index (χ3n) is 4.07. The van der Waals surface area contributed by atoms with E-state index in [0.717, 1.165) is 12.8 Å². The number of carbonyl (C=O) groups excluding carboxylic acids is 1. The topological polar surface area (TPSA) is 66.5 Å².